The first-order valence-corrected chi connectivity index (χ1v) is 7.37. The van der Waals surface area contributed by atoms with E-state index in [0.29, 0.717) is 12.2 Å². The number of esters is 2. The topological polar surface area (TPSA) is 70.4 Å². The number of ether oxygens (including phenoxy) is 2. The van der Waals surface area contributed by atoms with Crippen molar-refractivity contribution in [2.75, 3.05) is 7.11 Å². The minimum Gasteiger partial charge on any atom is -0.466 e. The van der Waals surface area contributed by atoms with Gasteiger partial charge in [0.2, 0.25) is 0 Å². The number of carbonyl (C=O) groups excluding carboxylic acids is 2. The van der Waals surface area contributed by atoms with E-state index in [0.717, 1.165) is 5.56 Å². The lowest BCUT2D eigenvalue weighted by Gasteiger charge is -2.10. The maximum Gasteiger partial charge on any atom is 0.346 e. The summed E-state index contributed by atoms with van der Waals surface area (Å²) in [7, 11) is 1.22. The monoisotopic (exact) mass is 336 g/mol. The summed E-state index contributed by atoms with van der Waals surface area (Å²) in [5.41, 5.74) is 1.59. The Morgan fingerprint density at radius 2 is 1.96 bits per heavy atom. The van der Waals surface area contributed by atoms with E-state index < -0.39 is 18.0 Å². The summed E-state index contributed by atoms with van der Waals surface area (Å²) in [4.78, 5) is 23.6. The molecule has 0 N–H and O–H groups in total. The van der Waals surface area contributed by atoms with E-state index in [2.05, 4.69) is 9.84 Å². The molecule has 1 atom stereocenters. The molecule has 2 rings (SSSR count). The molecule has 1 heterocycles. The average Bonchev–Trinajstić information content (AvgIpc) is 2.81. The van der Waals surface area contributed by atoms with E-state index in [9.17, 15) is 9.59 Å². The van der Waals surface area contributed by atoms with Crippen molar-refractivity contribution in [1.29, 1.82) is 0 Å². The number of nitrogens with zero attached hydrogens (tertiary/aromatic N) is 2. The van der Waals surface area contributed by atoms with Crippen molar-refractivity contribution in [1.82, 2.24) is 9.78 Å². The van der Waals surface area contributed by atoms with E-state index >= 15 is 0 Å². The van der Waals surface area contributed by atoms with Gasteiger partial charge in [-0.05, 0) is 19.4 Å². The van der Waals surface area contributed by atoms with E-state index in [4.69, 9.17) is 16.3 Å². The van der Waals surface area contributed by atoms with Crippen molar-refractivity contribution in [2.24, 2.45) is 0 Å². The smallest absolute Gasteiger partial charge is 0.346 e. The number of methoxy groups -OCH3 is 1. The summed E-state index contributed by atoms with van der Waals surface area (Å²) in [6.07, 6.45) is -1.01. The molecule has 1 aromatic heterocycles. The summed E-state index contributed by atoms with van der Waals surface area (Å²) in [5, 5.41) is 4.44. The molecule has 0 bridgehead atoms. The fourth-order valence-electron chi connectivity index (χ4n) is 2.08. The molecule has 0 fully saturated rings. The van der Waals surface area contributed by atoms with Gasteiger partial charge in [-0.25, -0.2) is 14.3 Å². The standard InChI is InChI=1S/C16H17ClN2O4/c1-10-13(16(21)23-11(2)15(20)22-3)14(17)19(18-10)9-12-7-5-4-6-8-12/h4-8,11H,9H2,1-3H3/t11-/m0/s1. The van der Waals surface area contributed by atoms with Crippen LogP contribution >= 0.6 is 11.6 Å². The molecular formula is C16H17ClN2O4. The number of carbonyl (C=O) groups is 2. The number of halogens is 1. The number of hydrogen-bond acceptors (Lipinski definition) is 5. The third-order valence-corrected chi connectivity index (χ3v) is 3.65. The lowest BCUT2D eigenvalue weighted by atomic mass is 10.2. The molecular weight excluding hydrogens is 320 g/mol. The van der Waals surface area contributed by atoms with Gasteiger partial charge in [0.25, 0.3) is 0 Å². The van der Waals surface area contributed by atoms with Gasteiger partial charge in [-0.15, -0.1) is 0 Å². The van der Waals surface area contributed by atoms with Crippen molar-refractivity contribution in [3.63, 3.8) is 0 Å². The van der Waals surface area contributed by atoms with Gasteiger partial charge in [0, 0.05) is 0 Å². The molecule has 0 aliphatic heterocycles. The predicted octanol–water partition coefficient (Wildman–Crippen LogP) is 2.61. The SMILES string of the molecule is COC(=O)[C@H](C)OC(=O)c1c(C)nn(Cc2ccccc2)c1Cl. The fraction of sp³-hybridized carbons (Fsp3) is 0.312. The van der Waals surface area contributed by atoms with Crippen LogP contribution in [0.15, 0.2) is 30.3 Å². The molecule has 7 heteroatoms. The van der Waals surface area contributed by atoms with Gasteiger partial charge in [-0.2, -0.15) is 5.10 Å². The minimum atomic E-state index is -1.01. The second-order valence-electron chi connectivity index (χ2n) is 4.97. The second-order valence-corrected chi connectivity index (χ2v) is 5.32. The zero-order valence-electron chi connectivity index (χ0n) is 13.1. The first-order valence-electron chi connectivity index (χ1n) is 6.99. The van der Waals surface area contributed by atoms with Gasteiger partial charge in [0.05, 0.1) is 19.3 Å². The summed E-state index contributed by atoms with van der Waals surface area (Å²) < 4.78 is 11.1. The van der Waals surface area contributed by atoms with Crippen molar-refractivity contribution >= 4 is 23.5 Å². The third kappa shape index (κ3) is 3.90. The van der Waals surface area contributed by atoms with Gasteiger partial charge in [-0.1, -0.05) is 41.9 Å². The average molecular weight is 337 g/mol. The molecule has 1 aromatic carbocycles. The molecule has 2 aromatic rings. The van der Waals surface area contributed by atoms with Crippen LogP contribution in [0.2, 0.25) is 5.15 Å². The van der Waals surface area contributed by atoms with Crippen LogP contribution in [0.25, 0.3) is 0 Å². The first-order chi connectivity index (χ1) is 10.9. The summed E-state index contributed by atoms with van der Waals surface area (Å²) in [6.45, 7) is 3.52. The van der Waals surface area contributed by atoms with Crippen molar-refractivity contribution in [3.05, 3.63) is 52.3 Å². The Hall–Kier alpha value is -2.34. The van der Waals surface area contributed by atoms with Gasteiger partial charge in [-0.3, -0.25) is 0 Å². The predicted molar refractivity (Wildman–Crippen MR) is 84.4 cm³/mol. The molecule has 0 saturated carbocycles. The zero-order chi connectivity index (χ0) is 17.0. The van der Waals surface area contributed by atoms with Crippen molar-refractivity contribution in [2.45, 2.75) is 26.5 Å². The van der Waals surface area contributed by atoms with Crippen LogP contribution in [0.3, 0.4) is 0 Å². The van der Waals surface area contributed by atoms with E-state index in [1.807, 2.05) is 30.3 Å². The van der Waals surface area contributed by atoms with E-state index in [1.165, 1.54) is 18.7 Å². The van der Waals surface area contributed by atoms with Crippen LogP contribution in [0.1, 0.15) is 28.5 Å². The number of aryl methyl sites for hydroxylation is 1. The van der Waals surface area contributed by atoms with Gasteiger partial charge < -0.3 is 9.47 Å². The molecule has 0 amide bonds. The Kier molecular flexibility index (Phi) is 5.39. The van der Waals surface area contributed by atoms with Crippen LogP contribution in [0, 0.1) is 6.92 Å². The number of aromatic nitrogens is 2. The zero-order valence-corrected chi connectivity index (χ0v) is 13.8. The molecule has 122 valence electrons. The van der Waals surface area contributed by atoms with Gasteiger partial charge in [0.1, 0.15) is 10.7 Å². The molecule has 0 spiro atoms. The third-order valence-electron chi connectivity index (χ3n) is 3.26. The molecule has 0 unspecified atom stereocenters. The van der Waals surface area contributed by atoms with Gasteiger partial charge in [0.15, 0.2) is 6.10 Å². The normalized spacial score (nSPS) is 11.8. The molecule has 23 heavy (non-hydrogen) atoms. The van der Waals surface area contributed by atoms with Crippen LogP contribution in [0.4, 0.5) is 0 Å². The highest BCUT2D eigenvalue weighted by atomic mass is 35.5. The van der Waals surface area contributed by atoms with E-state index in [-0.39, 0.29) is 10.7 Å². The Bertz CT molecular complexity index is 712. The first kappa shape index (κ1) is 17.0. The highest BCUT2D eigenvalue weighted by molar-refractivity contribution is 6.32. The fourth-order valence-corrected chi connectivity index (χ4v) is 2.39. The molecule has 0 saturated heterocycles. The van der Waals surface area contributed by atoms with E-state index in [1.54, 1.807) is 6.92 Å². The summed E-state index contributed by atoms with van der Waals surface area (Å²) in [5.74, 6) is -1.34. The quantitative estimate of drug-likeness (QED) is 0.785. The van der Waals surface area contributed by atoms with Crippen molar-refractivity contribution < 1.29 is 19.1 Å². The van der Waals surface area contributed by atoms with Crippen LogP contribution in [0.5, 0.6) is 0 Å². The maximum absolute atomic E-state index is 12.2. The van der Waals surface area contributed by atoms with Crippen LogP contribution < -0.4 is 0 Å². The number of rotatable bonds is 5. The largest absolute Gasteiger partial charge is 0.466 e. The lowest BCUT2D eigenvalue weighted by Crippen LogP contribution is -2.25. The maximum atomic E-state index is 12.2. The lowest BCUT2D eigenvalue weighted by molar-refractivity contribution is -0.149. The van der Waals surface area contributed by atoms with Crippen LogP contribution in [-0.4, -0.2) is 34.9 Å². The highest BCUT2D eigenvalue weighted by Crippen LogP contribution is 2.22. The number of hydrogen-bond donors (Lipinski definition) is 0. The molecule has 0 aliphatic carbocycles. The molecule has 0 radical (unpaired) electrons. The Balaban J connectivity index is 2.20. The Labute approximate surface area is 139 Å². The number of benzene rings is 1. The molecule has 6 nitrogen and oxygen atoms in total. The van der Waals surface area contributed by atoms with Crippen molar-refractivity contribution in [3.8, 4) is 0 Å². The van der Waals surface area contributed by atoms with Crippen LogP contribution in [-0.2, 0) is 20.8 Å². The minimum absolute atomic E-state index is 0.151. The second kappa shape index (κ2) is 7.28. The summed E-state index contributed by atoms with van der Waals surface area (Å²) in [6, 6.07) is 9.60. The summed E-state index contributed by atoms with van der Waals surface area (Å²) >= 11 is 6.25. The van der Waals surface area contributed by atoms with Gasteiger partial charge >= 0.3 is 11.9 Å². The highest BCUT2D eigenvalue weighted by Gasteiger charge is 2.26. The Morgan fingerprint density at radius 1 is 1.30 bits per heavy atom. The molecule has 0 aliphatic rings. The Morgan fingerprint density at radius 3 is 2.57 bits per heavy atom.